The molecule has 27 heavy (non-hydrogen) atoms. The van der Waals surface area contributed by atoms with Crippen LogP contribution in [0.1, 0.15) is 19.4 Å². The van der Waals surface area contributed by atoms with E-state index in [0.29, 0.717) is 6.42 Å². The number of aryl methyl sites for hydroxylation is 1. The van der Waals surface area contributed by atoms with Crippen LogP contribution in [0.25, 0.3) is 33.2 Å². The van der Waals surface area contributed by atoms with Crippen LogP contribution in [0.3, 0.4) is 0 Å². The van der Waals surface area contributed by atoms with E-state index >= 15 is 0 Å². The average Bonchev–Trinajstić information content (AvgIpc) is 3.14. The first kappa shape index (κ1) is 17.1. The Balaban J connectivity index is 1.78. The summed E-state index contributed by atoms with van der Waals surface area (Å²) in [5.74, 6) is 0. The van der Waals surface area contributed by atoms with Gasteiger partial charge in [0.15, 0.2) is 0 Å². The minimum atomic E-state index is -0.757. The van der Waals surface area contributed by atoms with Crippen molar-refractivity contribution in [3.8, 4) is 11.3 Å². The molecule has 0 aliphatic rings. The molecule has 138 valence electrons. The second kappa shape index (κ2) is 6.16. The summed E-state index contributed by atoms with van der Waals surface area (Å²) in [5, 5.41) is 2.22. The molecule has 6 heteroatoms. The van der Waals surface area contributed by atoms with E-state index in [-0.39, 0.29) is 0 Å². The van der Waals surface area contributed by atoms with Crippen molar-refractivity contribution < 1.29 is 9.53 Å². The average molecular weight is 362 g/mol. The van der Waals surface area contributed by atoms with E-state index in [1.54, 1.807) is 6.20 Å². The number of rotatable bonds is 4. The smallest absolute Gasteiger partial charge is 0.405 e. The number of hydrogen-bond acceptors (Lipinski definition) is 3. The van der Waals surface area contributed by atoms with Gasteiger partial charge in [0, 0.05) is 53.4 Å². The quantitative estimate of drug-likeness (QED) is 0.572. The molecule has 0 atom stereocenters. The van der Waals surface area contributed by atoms with Gasteiger partial charge >= 0.3 is 6.09 Å². The van der Waals surface area contributed by atoms with Crippen LogP contribution in [0.4, 0.5) is 4.79 Å². The number of nitrogens with zero attached hydrogens (tertiary/aromatic N) is 2. The van der Waals surface area contributed by atoms with Crippen LogP contribution in [0.5, 0.6) is 0 Å². The van der Waals surface area contributed by atoms with Crippen molar-refractivity contribution in [2.45, 2.75) is 25.9 Å². The van der Waals surface area contributed by atoms with Gasteiger partial charge in [0.25, 0.3) is 0 Å². The van der Waals surface area contributed by atoms with Gasteiger partial charge in [-0.15, -0.1) is 0 Å². The maximum Gasteiger partial charge on any atom is 0.405 e. The third-order valence-electron chi connectivity index (χ3n) is 4.74. The predicted octanol–water partition coefficient (Wildman–Crippen LogP) is 4.14. The van der Waals surface area contributed by atoms with E-state index in [2.05, 4.69) is 45.0 Å². The molecule has 0 fully saturated rings. The number of carbonyl (C=O) groups excluding carboxylic acids is 1. The zero-order chi connectivity index (χ0) is 19.2. The summed E-state index contributed by atoms with van der Waals surface area (Å²) in [5.41, 5.74) is 9.74. The first-order valence-electron chi connectivity index (χ1n) is 8.83. The number of fused-ring (bicyclic) bond motifs is 2. The van der Waals surface area contributed by atoms with Crippen molar-refractivity contribution in [3.05, 3.63) is 54.4 Å². The Hall–Kier alpha value is -3.28. The largest absolute Gasteiger partial charge is 0.443 e. The zero-order valence-corrected chi connectivity index (χ0v) is 15.6. The van der Waals surface area contributed by atoms with Crippen LogP contribution in [-0.2, 0) is 18.2 Å². The van der Waals surface area contributed by atoms with Crippen LogP contribution in [0.15, 0.2) is 48.8 Å². The van der Waals surface area contributed by atoms with E-state index in [0.717, 1.165) is 38.8 Å². The number of pyridine rings is 1. The Bertz CT molecular complexity index is 1120. The highest BCUT2D eigenvalue weighted by molar-refractivity contribution is 5.98. The van der Waals surface area contributed by atoms with Crippen molar-refractivity contribution in [3.63, 3.8) is 0 Å². The first-order valence-corrected chi connectivity index (χ1v) is 8.83. The number of H-pyrrole nitrogens is 1. The molecule has 3 N–H and O–H groups in total. The van der Waals surface area contributed by atoms with E-state index in [1.165, 1.54) is 0 Å². The molecular weight excluding hydrogens is 340 g/mol. The van der Waals surface area contributed by atoms with Gasteiger partial charge in [-0.25, -0.2) is 9.78 Å². The molecule has 0 aliphatic carbocycles. The highest BCUT2D eigenvalue weighted by atomic mass is 16.6. The van der Waals surface area contributed by atoms with E-state index < -0.39 is 11.7 Å². The molecular formula is C21H22N4O2. The number of nitrogens with one attached hydrogen (secondary N) is 1. The Kier molecular flexibility index (Phi) is 3.91. The van der Waals surface area contributed by atoms with Gasteiger partial charge in [0.2, 0.25) is 0 Å². The summed E-state index contributed by atoms with van der Waals surface area (Å²) < 4.78 is 7.34. The minimum absolute atomic E-state index is 0.578. The molecule has 3 aromatic heterocycles. The van der Waals surface area contributed by atoms with Crippen molar-refractivity contribution in [2.75, 3.05) is 0 Å². The first-order chi connectivity index (χ1) is 12.8. The molecule has 0 aliphatic heterocycles. The summed E-state index contributed by atoms with van der Waals surface area (Å²) in [6.45, 7) is 3.72. The number of primary amides is 1. The Morgan fingerprint density at radius 3 is 2.85 bits per heavy atom. The standard InChI is InChI=1S/C21H22N4O2/c1-21(2,27-20(22)26)11-13-6-7-18-15(9-13)16(12-25(18)3)17-10-14-5-4-8-23-19(14)24-17/h4-10,12H,11H2,1-3H3,(H2,22,26)(H,23,24). The Morgan fingerprint density at radius 2 is 2.11 bits per heavy atom. The molecule has 0 spiro atoms. The number of amides is 1. The van der Waals surface area contributed by atoms with Crippen molar-refractivity contribution in [2.24, 2.45) is 12.8 Å². The third-order valence-corrected chi connectivity index (χ3v) is 4.74. The maximum absolute atomic E-state index is 11.1. The van der Waals surface area contributed by atoms with Gasteiger partial charge < -0.3 is 20.0 Å². The van der Waals surface area contributed by atoms with Gasteiger partial charge in [0.05, 0.1) is 0 Å². The molecule has 0 bridgehead atoms. The molecule has 1 aromatic carbocycles. The van der Waals surface area contributed by atoms with Gasteiger partial charge in [0.1, 0.15) is 11.2 Å². The molecule has 4 rings (SSSR count). The van der Waals surface area contributed by atoms with Gasteiger partial charge in [-0.1, -0.05) is 6.07 Å². The van der Waals surface area contributed by atoms with Crippen LogP contribution >= 0.6 is 0 Å². The molecule has 4 aromatic rings. The lowest BCUT2D eigenvalue weighted by molar-refractivity contribution is 0.0460. The molecule has 0 saturated heterocycles. The lowest BCUT2D eigenvalue weighted by Crippen LogP contribution is -2.33. The Morgan fingerprint density at radius 1 is 1.30 bits per heavy atom. The van der Waals surface area contributed by atoms with Crippen molar-refractivity contribution in [1.29, 1.82) is 0 Å². The number of ether oxygens (including phenoxy) is 1. The summed E-state index contributed by atoms with van der Waals surface area (Å²) in [7, 11) is 2.03. The number of hydrogen-bond donors (Lipinski definition) is 2. The minimum Gasteiger partial charge on any atom is -0.443 e. The monoisotopic (exact) mass is 362 g/mol. The highest BCUT2D eigenvalue weighted by Crippen LogP contribution is 2.33. The topological polar surface area (TPSA) is 85.9 Å². The van der Waals surface area contributed by atoms with Crippen LogP contribution < -0.4 is 5.73 Å². The SMILES string of the molecule is Cn1cc(-c2cc3cccnc3[nH]2)c2cc(CC(C)(C)OC(N)=O)ccc21. The molecule has 0 saturated carbocycles. The molecule has 3 heterocycles. The molecule has 0 unspecified atom stereocenters. The number of aromatic amines is 1. The zero-order valence-electron chi connectivity index (χ0n) is 15.6. The van der Waals surface area contributed by atoms with Crippen LogP contribution in [-0.4, -0.2) is 26.2 Å². The summed E-state index contributed by atoms with van der Waals surface area (Å²) in [4.78, 5) is 18.9. The lowest BCUT2D eigenvalue weighted by atomic mass is 9.96. The normalized spacial score (nSPS) is 12.0. The van der Waals surface area contributed by atoms with Crippen molar-refractivity contribution in [1.82, 2.24) is 14.5 Å². The molecule has 6 nitrogen and oxygen atoms in total. The number of benzene rings is 1. The van der Waals surface area contributed by atoms with E-state index in [4.69, 9.17) is 10.5 Å². The number of carbonyl (C=O) groups is 1. The fourth-order valence-corrected chi connectivity index (χ4v) is 3.67. The summed E-state index contributed by atoms with van der Waals surface area (Å²) in [6, 6.07) is 12.4. The molecule has 1 amide bonds. The molecule has 0 radical (unpaired) electrons. The predicted molar refractivity (Wildman–Crippen MR) is 106 cm³/mol. The number of nitrogens with two attached hydrogens (primary N) is 1. The Labute approximate surface area is 157 Å². The van der Waals surface area contributed by atoms with Crippen LogP contribution in [0.2, 0.25) is 0 Å². The fraction of sp³-hybridized carbons (Fsp3) is 0.238. The second-order valence-corrected chi connectivity index (χ2v) is 7.49. The van der Waals surface area contributed by atoms with E-state index in [9.17, 15) is 4.79 Å². The van der Waals surface area contributed by atoms with Gasteiger partial charge in [-0.2, -0.15) is 0 Å². The third kappa shape index (κ3) is 3.26. The van der Waals surface area contributed by atoms with Crippen molar-refractivity contribution >= 4 is 28.0 Å². The second-order valence-electron chi connectivity index (χ2n) is 7.49. The fourth-order valence-electron chi connectivity index (χ4n) is 3.67. The van der Waals surface area contributed by atoms with Gasteiger partial charge in [-0.3, -0.25) is 0 Å². The lowest BCUT2D eigenvalue weighted by Gasteiger charge is -2.24. The van der Waals surface area contributed by atoms with Crippen LogP contribution in [0, 0.1) is 0 Å². The maximum atomic E-state index is 11.1. The summed E-state index contributed by atoms with van der Waals surface area (Å²) in [6.07, 6.45) is 3.72. The van der Waals surface area contributed by atoms with Gasteiger partial charge in [-0.05, 0) is 49.7 Å². The van der Waals surface area contributed by atoms with E-state index in [1.807, 2.05) is 33.0 Å². The highest BCUT2D eigenvalue weighted by Gasteiger charge is 2.23. The summed E-state index contributed by atoms with van der Waals surface area (Å²) >= 11 is 0. The number of aromatic nitrogens is 3.